The number of aliphatic hydroxyl groups is 1. The van der Waals surface area contributed by atoms with E-state index in [-0.39, 0.29) is 12.9 Å². The first kappa shape index (κ1) is 13.8. The number of aliphatic hydroxyl groups excluding tert-OH is 1. The maximum absolute atomic E-state index is 9.06. The summed E-state index contributed by atoms with van der Waals surface area (Å²) in [6, 6.07) is 5.56. The number of hydrogen-bond donors (Lipinski definition) is 1. The molecule has 0 aliphatic rings. The third kappa shape index (κ3) is 3.91. The van der Waals surface area contributed by atoms with Crippen LogP contribution in [-0.2, 0) is 11.2 Å². The summed E-state index contributed by atoms with van der Waals surface area (Å²) in [5.74, 6) is 1.42. The molecule has 0 saturated carbocycles. The molecule has 0 aromatic heterocycles. The van der Waals surface area contributed by atoms with E-state index in [2.05, 4.69) is 0 Å². The molecule has 1 aromatic carbocycles. The van der Waals surface area contributed by atoms with Crippen LogP contribution in [0.5, 0.6) is 11.5 Å². The summed E-state index contributed by atoms with van der Waals surface area (Å²) in [5.41, 5.74) is 0.865. The van der Waals surface area contributed by atoms with Gasteiger partial charge < -0.3 is 19.3 Å². The molecule has 0 heterocycles. The summed E-state index contributed by atoms with van der Waals surface area (Å²) >= 11 is 0. The summed E-state index contributed by atoms with van der Waals surface area (Å²) < 4.78 is 16.2. The zero-order valence-electron chi connectivity index (χ0n) is 10.6. The van der Waals surface area contributed by atoms with E-state index < -0.39 is 0 Å². The number of hydrogen-bond acceptors (Lipinski definition) is 4. The van der Waals surface area contributed by atoms with E-state index in [1.54, 1.807) is 7.11 Å². The van der Waals surface area contributed by atoms with Gasteiger partial charge in [0.25, 0.3) is 0 Å². The van der Waals surface area contributed by atoms with Gasteiger partial charge in [0.05, 0.1) is 7.11 Å². The van der Waals surface area contributed by atoms with E-state index in [0.29, 0.717) is 18.8 Å². The minimum atomic E-state index is -0.315. The van der Waals surface area contributed by atoms with Crippen molar-refractivity contribution in [2.24, 2.45) is 0 Å². The summed E-state index contributed by atoms with van der Waals surface area (Å²) in [6.07, 6.45) is 0.183. The van der Waals surface area contributed by atoms with E-state index in [4.69, 9.17) is 19.3 Å². The third-order valence-electron chi connectivity index (χ3n) is 2.37. The molecule has 96 valence electrons. The normalized spacial score (nSPS) is 12.2. The van der Waals surface area contributed by atoms with Crippen LogP contribution in [-0.4, -0.2) is 31.7 Å². The lowest BCUT2D eigenvalue weighted by Crippen LogP contribution is -2.17. The van der Waals surface area contributed by atoms with Crippen molar-refractivity contribution in [1.29, 1.82) is 0 Å². The molecule has 1 rings (SSSR count). The van der Waals surface area contributed by atoms with Crippen molar-refractivity contribution in [3.8, 4) is 11.5 Å². The molecule has 0 fully saturated rings. The lowest BCUT2D eigenvalue weighted by molar-refractivity contribution is -0.0619. The van der Waals surface area contributed by atoms with E-state index in [9.17, 15) is 0 Å². The largest absolute Gasteiger partial charge is 0.496 e. The third-order valence-corrected chi connectivity index (χ3v) is 2.37. The first-order chi connectivity index (χ1) is 8.22. The van der Waals surface area contributed by atoms with Crippen molar-refractivity contribution >= 4 is 0 Å². The standard InChI is InChI=1S/C13H20O4/c1-4-16-10(2)17-13-7-5-6-12(15-3)11(13)8-9-14/h5-7,10,14H,4,8-9H2,1-3H3/t10-/m1/s1. The molecule has 0 amide bonds. The van der Waals surface area contributed by atoms with Gasteiger partial charge in [-0.05, 0) is 26.0 Å². The van der Waals surface area contributed by atoms with Gasteiger partial charge in [-0.25, -0.2) is 0 Å². The van der Waals surface area contributed by atoms with E-state index >= 15 is 0 Å². The van der Waals surface area contributed by atoms with Gasteiger partial charge in [0, 0.05) is 25.2 Å². The molecule has 1 aromatic rings. The highest BCUT2D eigenvalue weighted by molar-refractivity contribution is 5.45. The molecule has 1 atom stereocenters. The summed E-state index contributed by atoms with van der Waals surface area (Å²) in [6.45, 7) is 4.41. The van der Waals surface area contributed by atoms with Gasteiger partial charge in [0.1, 0.15) is 11.5 Å². The van der Waals surface area contributed by atoms with Gasteiger partial charge in [-0.1, -0.05) is 6.07 Å². The van der Waals surface area contributed by atoms with Gasteiger partial charge in [0.15, 0.2) is 6.29 Å². The van der Waals surface area contributed by atoms with Crippen LogP contribution in [0.25, 0.3) is 0 Å². The van der Waals surface area contributed by atoms with Crippen molar-refractivity contribution in [3.05, 3.63) is 23.8 Å². The fourth-order valence-corrected chi connectivity index (χ4v) is 1.65. The summed E-state index contributed by atoms with van der Waals surface area (Å²) in [5, 5.41) is 9.06. The highest BCUT2D eigenvalue weighted by Crippen LogP contribution is 2.29. The van der Waals surface area contributed by atoms with Crippen LogP contribution >= 0.6 is 0 Å². The minimum Gasteiger partial charge on any atom is -0.496 e. The number of methoxy groups -OCH3 is 1. The van der Waals surface area contributed by atoms with Crippen LogP contribution in [0.1, 0.15) is 19.4 Å². The predicted octanol–water partition coefficient (Wildman–Crippen LogP) is 1.99. The zero-order chi connectivity index (χ0) is 12.7. The average molecular weight is 240 g/mol. The number of rotatable bonds is 7. The van der Waals surface area contributed by atoms with Gasteiger partial charge in [0.2, 0.25) is 0 Å². The molecule has 4 nitrogen and oxygen atoms in total. The molecule has 0 aliphatic heterocycles. The second-order valence-corrected chi connectivity index (χ2v) is 3.55. The molecular formula is C13H20O4. The van der Waals surface area contributed by atoms with Crippen LogP contribution in [0.2, 0.25) is 0 Å². The Morgan fingerprint density at radius 2 is 2.00 bits per heavy atom. The Morgan fingerprint density at radius 1 is 1.29 bits per heavy atom. The minimum absolute atomic E-state index is 0.0553. The molecule has 1 N–H and O–H groups in total. The molecule has 4 heteroatoms. The Kier molecular flexibility index (Phi) is 5.80. The topological polar surface area (TPSA) is 47.9 Å². The molecule has 17 heavy (non-hydrogen) atoms. The molecule has 0 radical (unpaired) electrons. The van der Waals surface area contributed by atoms with E-state index in [1.807, 2.05) is 32.0 Å². The molecule has 0 bridgehead atoms. The van der Waals surface area contributed by atoms with Crippen LogP contribution < -0.4 is 9.47 Å². The van der Waals surface area contributed by atoms with Gasteiger partial charge in [-0.2, -0.15) is 0 Å². The highest BCUT2D eigenvalue weighted by atomic mass is 16.7. The van der Waals surface area contributed by atoms with Crippen LogP contribution in [0, 0.1) is 0 Å². The van der Waals surface area contributed by atoms with Gasteiger partial charge in [-0.15, -0.1) is 0 Å². The Bertz CT molecular complexity index is 338. The second kappa shape index (κ2) is 7.14. The lowest BCUT2D eigenvalue weighted by atomic mass is 10.1. The van der Waals surface area contributed by atoms with Gasteiger partial charge >= 0.3 is 0 Å². The first-order valence-corrected chi connectivity index (χ1v) is 5.77. The first-order valence-electron chi connectivity index (χ1n) is 5.77. The van der Waals surface area contributed by atoms with Gasteiger partial charge in [-0.3, -0.25) is 0 Å². The number of ether oxygens (including phenoxy) is 3. The Balaban J connectivity index is 2.89. The molecule has 0 spiro atoms. The Hall–Kier alpha value is -1.26. The maximum Gasteiger partial charge on any atom is 0.196 e. The van der Waals surface area contributed by atoms with E-state index in [1.165, 1.54) is 0 Å². The van der Waals surface area contributed by atoms with Crippen LogP contribution in [0.15, 0.2) is 18.2 Å². The van der Waals surface area contributed by atoms with E-state index in [0.717, 1.165) is 11.3 Å². The molecule has 0 unspecified atom stereocenters. The quantitative estimate of drug-likeness (QED) is 0.740. The molecule has 0 aliphatic carbocycles. The monoisotopic (exact) mass is 240 g/mol. The molecule has 0 saturated heterocycles. The van der Waals surface area contributed by atoms with Crippen molar-refractivity contribution < 1.29 is 19.3 Å². The molecular weight excluding hydrogens is 220 g/mol. The fourth-order valence-electron chi connectivity index (χ4n) is 1.65. The summed E-state index contributed by atoms with van der Waals surface area (Å²) in [7, 11) is 1.60. The van der Waals surface area contributed by atoms with Crippen LogP contribution in [0.4, 0.5) is 0 Å². The maximum atomic E-state index is 9.06. The Morgan fingerprint density at radius 3 is 2.59 bits per heavy atom. The fraction of sp³-hybridized carbons (Fsp3) is 0.538. The van der Waals surface area contributed by atoms with Crippen molar-refractivity contribution in [2.75, 3.05) is 20.3 Å². The lowest BCUT2D eigenvalue weighted by Gasteiger charge is -2.18. The van der Waals surface area contributed by atoms with Crippen molar-refractivity contribution in [1.82, 2.24) is 0 Å². The smallest absolute Gasteiger partial charge is 0.196 e. The Labute approximate surface area is 102 Å². The van der Waals surface area contributed by atoms with Crippen molar-refractivity contribution in [3.63, 3.8) is 0 Å². The SMILES string of the molecule is CCO[C@@H](C)Oc1cccc(OC)c1CCO. The highest BCUT2D eigenvalue weighted by Gasteiger charge is 2.12. The van der Waals surface area contributed by atoms with Crippen LogP contribution in [0.3, 0.4) is 0 Å². The predicted molar refractivity (Wildman–Crippen MR) is 65.5 cm³/mol. The average Bonchev–Trinajstić information content (AvgIpc) is 2.32. The number of benzene rings is 1. The zero-order valence-corrected chi connectivity index (χ0v) is 10.6. The second-order valence-electron chi connectivity index (χ2n) is 3.55. The summed E-state index contributed by atoms with van der Waals surface area (Å²) in [4.78, 5) is 0. The van der Waals surface area contributed by atoms with Crippen molar-refractivity contribution in [2.45, 2.75) is 26.6 Å².